The van der Waals surface area contributed by atoms with E-state index in [2.05, 4.69) is 18.8 Å². The third-order valence-corrected chi connectivity index (χ3v) is 0.994. The average Bonchev–Trinajstić information content (AvgIpc) is 1.89. The minimum Gasteiger partial charge on any atom is -0.237 e. The molecule has 0 unspecified atom stereocenters. The maximum atomic E-state index is 11.3. The summed E-state index contributed by atoms with van der Waals surface area (Å²) >= 11 is 0. The van der Waals surface area contributed by atoms with Gasteiger partial charge >= 0.3 is 0 Å². The molecule has 0 saturated carbocycles. The standard InChI is InChI=1S/C8H12F/c1-2-3-4-5-6-7-8-9/h1-5,8H2. The number of unbranched alkanes of at least 4 members (excludes halogenated alkanes) is 3. The van der Waals surface area contributed by atoms with Crippen molar-refractivity contribution < 1.29 is 4.39 Å². The van der Waals surface area contributed by atoms with Crippen LogP contribution in [0.15, 0.2) is 0 Å². The maximum absolute atomic E-state index is 11.3. The molecule has 0 saturated heterocycles. The Balaban J connectivity index is 2.90. The molecule has 0 aliphatic heterocycles. The topological polar surface area (TPSA) is 0 Å². The summed E-state index contributed by atoms with van der Waals surface area (Å²) in [6, 6.07) is 0. The molecule has 0 aromatic carbocycles. The first-order valence-electron chi connectivity index (χ1n) is 3.22. The van der Waals surface area contributed by atoms with E-state index in [9.17, 15) is 4.39 Å². The largest absolute Gasteiger partial charge is 0.237 e. The van der Waals surface area contributed by atoms with Crippen molar-refractivity contribution in [1.29, 1.82) is 0 Å². The van der Waals surface area contributed by atoms with Crippen molar-refractivity contribution in [3.63, 3.8) is 0 Å². The smallest absolute Gasteiger partial charge is 0.150 e. The molecular formula is C8H12F. The Kier molecular flexibility index (Phi) is 7.07. The molecule has 0 heterocycles. The van der Waals surface area contributed by atoms with E-state index in [0.717, 1.165) is 25.7 Å². The summed E-state index contributed by atoms with van der Waals surface area (Å²) < 4.78 is 11.3. The molecule has 0 rings (SSSR count). The highest BCUT2D eigenvalue weighted by molar-refractivity contribution is 4.98. The van der Waals surface area contributed by atoms with Crippen LogP contribution in [0.3, 0.4) is 0 Å². The molecule has 1 heteroatoms. The molecule has 0 atom stereocenters. The SMILES string of the molecule is [CH2]CCCCC#CCF. The lowest BCUT2D eigenvalue weighted by molar-refractivity contribution is 0.572. The Labute approximate surface area is 56.5 Å². The third kappa shape index (κ3) is 7.49. The molecule has 0 nitrogen and oxygen atoms in total. The quantitative estimate of drug-likeness (QED) is 0.403. The predicted molar refractivity (Wildman–Crippen MR) is 37.6 cm³/mol. The van der Waals surface area contributed by atoms with E-state index >= 15 is 0 Å². The highest BCUT2D eigenvalue weighted by Crippen LogP contribution is 1.95. The highest BCUT2D eigenvalue weighted by Gasteiger charge is 1.79. The van der Waals surface area contributed by atoms with Gasteiger partial charge in [-0.2, -0.15) is 0 Å². The summed E-state index contributed by atoms with van der Waals surface area (Å²) in [5.74, 6) is 5.09. The van der Waals surface area contributed by atoms with Gasteiger partial charge in [0.25, 0.3) is 0 Å². The van der Waals surface area contributed by atoms with Crippen molar-refractivity contribution >= 4 is 0 Å². The summed E-state index contributed by atoms with van der Waals surface area (Å²) in [5.41, 5.74) is 0. The van der Waals surface area contributed by atoms with E-state index < -0.39 is 6.67 Å². The van der Waals surface area contributed by atoms with E-state index in [1.807, 2.05) is 0 Å². The van der Waals surface area contributed by atoms with Crippen molar-refractivity contribution in [1.82, 2.24) is 0 Å². The first-order chi connectivity index (χ1) is 4.41. The van der Waals surface area contributed by atoms with Crippen molar-refractivity contribution in [2.45, 2.75) is 25.7 Å². The van der Waals surface area contributed by atoms with Crippen LogP contribution in [-0.4, -0.2) is 6.67 Å². The molecule has 9 heavy (non-hydrogen) atoms. The second-order valence-corrected chi connectivity index (χ2v) is 1.80. The Hall–Kier alpha value is -0.510. The summed E-state index contributed by atoms with van der Waals surface area (Å²) in [5, 5.41) is 0. The Morgan fingerprint density at radius 1 is 1.22 bits per heavy atom. The molecule has 0 amide bonds. The van der Waals surface area contributed by atoms with E-state index in [4.69, 9.17) is 0 Å². The predicted octanol–water partition coefficient (Wildman–Crippen LogP) is 2.35. The van der Waals surface area contributed by atoms with Crippen LogP contribution in [-0.2, 0) is 0 Å². The van der Waals surface area contributed by atoms with Gasteiger partial charge in [0, 0.05) is 6.42 Å². The van der Waals surface area contributed by atoms with E-state index in [1.54, 1.807) is 0 Å². The lowest BCUT2D eigenvalue weighted by Crippen LogP contribution is -1.71. The van der Waals surface area contributed by atoms with Gasteiger partial charge in [0.2, 0.25) is 0 Å². The molecule has 51 valence electrons. The minimum atomic E-state index is -0.510. The molecular weight excluding hydrogens is 115 g/mol. The Morgan fingerprint density at radius 2 is 2.00 bits per heavy atom. The van der Waals surface area contributed by atoms with Crippen molar-refractivity contribution in [2.75, 3.05) is 6.67 Å². The van der Waals surface area contributed by atoms with E-state index in [0.29, 0.717) is 0 Å². The van der Waals surface area contributed by atoms with Gasteiger partial charge in [-0.05, 0) is 6.42 Å². The Morgan fingerprint density at radius 3 is 2.56 bits per heavy atom. The summed E-state index contributed by atoms with van der Waals surface area (Å²) in [6.45, 7) is 3.17. The second kappa shape index (κ2) is 7.49. The van der Waals surface area contributed by atoms with Crippen LogP contribution in [0.1, 0.15) is 25.7 Å². The van der Waals surface area contributed by atoms with Crippen LogP contribution in [0.5, 0.6) is 0 Å². The number of hydrogen-bond donors (Lipinski definition) is 0. The molecule has 0 bridgehead atoms. The molecule has 0 fully saturated rings. The van der Waals surface area contributed by atoms with Gasteiger partial charge in [0.15, 0.2) is 0 Å². The van der Waals surface area contributed by atoms with Gasteiger partial charge in [0.1, 0.15) is 6.67 Å². The zero-order valence-electron chi connectivity index (χ0n) is 5.62. The molecule has 0 aliphatic carbocycles. The molecule has 0 aliphatic rings. The zero-order valence-corrected chi connectivity index (χ0v) is 5.62. The van der Waals surface area contributed by atoms with Crippen molar-refractivity contribution in [3.05, 3.63) is 6.92 Å². The van der Waals surface area contributed by atoms with Crippen LogP contribution in [0, 0.1) is 18.8 Å². The monoisotopic (exact) mass is 127 g/mol. The number of alkyl halides is 1. The van der Waals surface area contributed by atoms with Crippen LogP contribution in [0.4, 0.5) is 4.39 Å². The third-order valence-electron chi connectivity index (χ3n) is 0.994. The van der Waals surface area contributed by atoms with E-state index in [1.165, 1.54) is 0 Å². The van der Waals surface area contributed by atoms with Gasteiger partial charge in [0.05, 0.1) is 0 Å². The molecule has 0 aromatic heterocycles. The van der Waals surface area contributed by atoms with Gasteiger partial charge in [-0.15, -0.1) is 5.92 Å². The van der Waals surface area contributed by atoms with Crippen molar-refractivity contribution in [2.24, 2.45) is 0 Å². The minimum absolute atomic E-state index is 0.510. The Bertz CT molecular complexity index is 96.9. The summed E-state index contributed by atoms with van der Waals surface area (Å²) in [4.78, 5) is 0. The zero-order chi connectivity index (χ0) is 6.95. The molecule has 1 radical (unpaired) electrons. The van der Waals surface area contributed by atoms with Gasteiger partial charge < -0.3 is 0 Å². The average molecular weight is 127 g/mol. The second-order valence-electron chi connectivity index (χ2n) is 1.80. The highest BCUT2D eigenvalue weighted by atomic mass is 19.1. The van der Waals surface area contributed by atoms with Gasteiger partial charge in [-0.3, -0.25) is 0 Å². The molecule has 0 aromatic rings. The lowest BCUT2D eigenvalue weighted by Gasteiger charge is -1.86. The lowest BCUT2D eigenvalue weighted by atomic mass is 10.2. The fourth-order valence-electron chi connectivity index (χ4n) is 0.526. The number of halogens is 1. The molecule has 0 N–H and O–H groups in total. The summed E-state index contributed by atoms with van der Waals surface area (Å²) in [7, 11) is 0. The molecule has 0 spiro atoms. The van der Waals surface area contributed by atoms with Crippen LogP contribution in [0.25, 0.3) is 0 Å². The van der Waals surface area contributed by atoms with Gasteiger partial charge in [-0.1, -0.05) is 25.7 Å². The summed E-state index contributed by atoms with van der Waals surface area (Å²) in [6.07, 6.45) is 3.92. The van der Waals surface area contributed by atoms with Crippen LogP contribution >= 0.6 is 0 Å². The van der Waals surface area contributed by atoms with Crippen LogP contribution in [0.2, 0.25) is 0 Å². The van der Waals surface area contributed by atoms with E-state index in [-0.39, 0.29) is 0 Å². The normalized spacial score (nSPS) is 8.22. The first kappa shape index (κ1) is 8.49. The number of rotatable bonds is 3. The van der Waals surface area contributed by atoms with Crippen molar-refractivity contribution in [3.8, 4) is 11.8 Å². The fourth-order valence-corrected chi connectivity index (χ4v) is 0.526. The fraction of sp³-hybridized carbons (Fsp3) is 0.625. The first-order valence-corrected chi connectivity index (χ1v) is 3.22. The maximum Gasteiger partial charge on any atom is 0.150 e. The van der Waals surface area contributed by atoms with Gasteiger partial charge in [-0.25, -0.2) is 4.39 Å². The van der Waals surface area contributed by atoms with Crippen LogP contribution < -0.4 is 0 Å². The number of hydrogen-bond acceptors (Lipinski definition) is 0.